The van der Waals surface area contributed by atoms with Crippen molar-refractivity contribution in [2.24, 2.45) is 0 Å². The van der Waals surface area contributed by atoms with Gasteiger partial charge in [-0.3, -0.25) is 0 Å². The predicted octanol–water partition coefficient (Wildman–Crippen LogP) is -0.243. The summed E-state index contributed by atoms with van der Waals surface area (Å²) in [5.41, 5.74) is 0. The van der Waals surface area contributed by atoms with Crippen LogP contribution < -0.4 is 0 Å². The van der Waals surface area contributed by atoms with Crippen LogP contribution in [-0.2, 0) is 45.1 Å². The van der Waals surface area contributed by atoms with Crippen molar-refractivity contribution in [2.45, 2.75) is 0 Å². The quantitative estimate of drug-likeness (QED) is 0.419. The Kier molecular flexibility index (Phi) is 796. The first-order chi connectivity index (χ1) is 0. The molecule has 0 amide bonds. The van der Waals surface area contributed by atoms with Crippen molar-refractivity contribution >= 4 is 0 Å². The van der Waals surface area contributed by atoms with Crippen molar-refractivity contribution in [1.29, 1.82) is 0 Å². The minimum atomic E-state index is 0. The van der Waals surface area contributed by atoms with Gasteiger partial charge in [-0.1, -0.05) is 0 Å². The Balaban J connectivity index is 0. The molecule has 0 unspecified atom stereocenters. The van der Waals surface area contributed by atoms with Crippen molar-refractivity contribution in [1.82, 2.24) is 0 Å². The van der Waals surface area contributed by atoms with Crippen LogP contribution in [0.25, 0.3) is 0 Å². The summed E-state index contributed by atoms with van der Waals surface area (Å²) in [4.78, 5) is 0. The molecule has 0 aromatic rings. The van der Waals surface area contributed by atoms with Gasteiger partial charge in [-0.15, -0.1) is 0 Å². The van der Waals surface area contributed by atoms with Crippen molar-refractivity contribution in [3.05, 3.63) is 0 Å². The van der Waals surface area contributed by atoms with E-state index in [0.29, 0.717) is 0 Å². The van der Waals surface area contributed by atoms with Gasteiger partial charge in [0.1, 0.15) is 0 Å². The molecular formula is Mn2O2-4. The molecule has 0 heterocycles. The topological polar surface area (TPSA) is 57.0 Å². The minimum absolute atomic E-state index is 0. The molecule has 0 aliphatic rings. The molecule has 0 saturated heterocycles. The average Bonchev–Trinajstić information content (AvgIpc) is 0. The fourth-order valence-corrected chi connectivity index (χ4v) is 0. The summed E-state index contributed by atoms with van der Waals surface area (Å²) in [5.74, 6) is 0. The first kappa shape index (κ1) is 84.5. The van der Waals surface area contributed by atoms with Crippen molar-refractivity contribution in [3.8, 4) is 0 Å². The van der Waals surface area contributed by atoms with E-state index >= 15 is 0 Å². The fourth-order valence-electron chi connectivity index (χ4n) is 0. The second kappa shape index (κ2) is 37.7. The maximum absolute atomic E-state index is 0. The zero-order chi connectivity index (χ0) is 0. The first-order valence-corrected chi connectivity index (χ1v) is 0. The fraction of sp³-hybridized carbons (Fsp3) is 0. The average molecular weight is 142 g/mol. The molecule has 2 nitrogen and oxygen atoms in total. The van der Waals surface area contributed by atoms with Gasteiger partial charge >= 0.3 is 0 Å². The smallest absolute Gasteiger partial charge is 0 e. The summed E-state index contributed by atoms with van der Waals surface area (Å²) in [7, 11) is 0. The van der Waals surface area contributed by atoms with Crippen LogP contribution in [0.1, 0.15) is 0 Å². The van der Waals surface area contributed by atoms with Gasteiger partial charge in [0.05, 0.1) is 0 Å². The Bertz CT molecular complexity index is 4.00. The molecule has 0 fully saturated rings. The van der Waals surface area contributed by atoms with Crippen LogP contribution in [0.3, 0.4) is 0 Å². The summed E-state index contributed by atoms with van der Waals surface area (Å²) in [6.45, 7) is 0. The zero-order valence-corrected chi connectivity index (χ0v) is 3.93. The maximum Gasteiger partial charge on any atom is 0 e. The van der Waals surface area contributed by atoms with Gasteiger partial charge in [0.15, 0.2) is 0 Å². The molecule has 0 rings (SSSR count). The van der Waals surface area contributed by atoms with Gasteiger partial charge in [0.2, 0.25) is 0 Å². The summed E-state index contributed by atoms with van der Waals surface area (Å²) in [6, 6.07) is 0. The Labute approximate surface area is 45.5 Å². The Morgan fingerprint density at radius 2 is 0.500 bits per heavy atom. The molecule has 4 heteroatoms. The zero-order valence-electron chi connectivity index (χ0n) is 1.57. The van der Waals surface area contributed by atoms with E-state index in [4.69, 9.17) is 0 Å². The van der Waals surface area contributed by atoms with E-state index in [1.807, 2.05) is 0 Å². The second-order valence-electron chi connectivity index (χ2n) is 0. The van der Waals surface area contributed by atoms with Crippen LogP contribution in [0.2, 0.25) is 0 Å². The summed E-state index contributed by atoms with van der Waals surface area (Å²) in [6.07, 6.45) is 0. The molecule has 2 radical (unpaired) electrons. The van der Waals surface area contributed by atoms with E-state index in [1.54, 1.807) is 0 Å². The second-order valence-corrected chi connectivity index (χ2v) is 0. The SMILES string of the molecule is [Mn].[Mn].[O-2].[O-2]. The summed E-state index contributed by atoms with van der Waals surface area (Å²) < 4.78 is 0. The maximum atomic E-state index is 0. The minimum Gasteiger partial charge on any atom is -2.00 e. The van der Waals surface area contributed by atoms with Crippen LogP contribution >= 0.6 is 0 Å². The standard InChI is InChI=1S/2Mn.2O/q;;2*-2. The molecule has 0 saturated carbocycles. The Morgan fingerprint density at radius 3 is 0.500 bits per heavy atom. The van der Waals surface area contributed by atoms with E-state index in [0.717, 1.165) is 0 Å². The number of hydrogen-bond donors (Lipinski definition) is 0. The van der Waals surface area contributed by atoms with Crippen LogP contribution in [0.4, 0.5) is 0 Å². The first-order valence-electron chi connectivity index (χ1n) is 0. The van der Waals surface area contributed by atoms with Gasteiger partial charge in [-0.2, -0.15) is 0 Å². The number of hydrogen-bond acceptors (Lipinski definition) is 0. The van der Waals surface area contributed by atoms with E-state index in [-0.39, 0.29) is 45.1 Å². The number of rotatable bonds is 0. The normalized spacial score (nSPS) is 0. The molecule has 30 valence electrons. The summed E-state index contributed by atoms with van der Waals surface area (Å²) >= 11 is 0. The Morgan fingerprint density at radius 1 is 0.500 bits per heavy atom. The van der Waals surface area contributed by atoms with Crippen molar-refractivity contribution in [2.75, 3.05) is 0 Å². The predicted molar refractivity (Wildman–Crippen MR) is 1.37 cm³/mol. The molecule has 0 bridgehead atoms. The molecule has 0 spiro atoms. The molecule has 0 aromatic carbocycles. The van der Waals surface area contributed by atoms with Crippen LogP contribution in [0.15, 0.2) is 0 Å². The van der Waals surface area contributed by atoms with Crippen LogP contribution in [-0.4, -0.2) is 0 Å². The molecule has 4 heavy (non-hydrogen) atoms. The van der Waals surface area contributed by atoms with Gasteiger partial charge in [-0.25, -0.2) is 0 Å². The third kappa shape index (κ3) is 12.3. The van der Waals surface area contributed by atoms with Gasteiger partial charge in [-0.05, 0) is 0 Å². The van der Waals surface area contributed by atoms with Crippen LogP contribution in [0.5, 0.6) is 0 Å². The largest absolute Gasteiger partial charge is 2.00 e. The third-order valence-electron chi connectivity index (χ3n) is 0. The van der Waals surface area contributed by atoms with E-state index in [9.17, 15) is 0 Å². The molecular weight excluding hydrogens is 142 g/mol. The molecule has 0 aromatic heterocycles. The van der Waals surface area contributed by atoms with Gasteiger partial charge in [0.25, 0.3) is 0 Å². The molecule has 0 aliphatic heterocycles. The van der Waals surface area contributed by atoms with E-state index in [1.165, 1.54) is 0 Å². The molecule has 0 atom stereocenters. The van der Waals surface area contributed by atoms with E-state index in [2.05, 4.69) is 0 Å². The van der Waals surface area contributed by atoms with Crippen molar-refractivity contribution in [3.63, 3.8) is 0 Å². The van der Waals surface area contributed by atoms with Gasteiger partial charge < -0.3 is 11.0 Å². The molecule has 0 N–H and O–H groups in total. The van der Waals surface area contributed by atoms with Gasteiger partial charge in [0, 0.05) is 34.1 Å². The van der Waals surface area contributed by atoms with E-state index < -0.39 is 0 Å². The van der Waals surface area contributed by atoms with Crippen LogP contribution in [0, 0.1) is 0 Å². The van der Waals surface area contributed by atoms with Crippen molar-refractivity contribution < 1.29 is 45.1 Å². The summed E-state index contributed by atoms with van der Waals surface area (Å²) in [5, 5.41) is 0. The molecule has 0 aliphatic carbocycles. The Hall–Kier alpha value is 0.959. The third-order valence-corrected chi connectivity index (χ3v) is 0. The monoisotopic (exact) mass is 142 g/mol.